The number of cyclic esters (lactones) is 1. The standard InChI is InChI=1S/C24H22N2O6S/c1-15-11-12-16(13-22(15)33(29,30)26-19-9-5-6-10-20(19)31-2)25-23(27)14-21-17-7-3-4-8-18(17)24(28)32-21/h3-13,21,26H,14H2,1-2H3,(H,25,27)/t21-/m1/s1. The zero-order valence-electron chi connectivity index (χ0n) is 18.0. The lowest BCUT2D eigenvalue weighted by molar-refractivity contribution is -0.118. The van der Waals surface area contributed by atoms with Crippen molar-refractivity contribution in [2.45, 2.75) is 24.3 Å². The minimum absolute atomic E-state index is 0.0174. The molecule has 1 aliphatic rings. The Kier molecular flexibility index (Phi) is 6.06. The van der Waals surface area contributed by atoms with Crippen molar-refractivity contribution in [3.8, 4) is 5.75 Å². The Morgan fingerprint density at radius 2 is 1.79 bits per heavy atom. The first-order valence-electron chi connectivity index (χ1n) is 10.1. The van der Waals surface area contributed by atoms with Crippen molar-refractivity contribution in [2.24, 2.45) is 0 Å². The maximum absolute atomic E-state index is 13.0. The molecule has 170 valence electrons. The van der Waals surface area contributed by atoms with E-state index in [1.807, 2.05) is 0 Å². The van der Waals surface area contributed by atoms with Crippen LogP contribution in [0.1, 0.15) is 34.0 Å². The van der Waals surface area contributed by atoms with Crippen LogP contribution in [0.15, 0.2) is 71.6 Å². The summed E-state index contributed by atoms with van der Waals surface area (Å²) in [6.07, 6.45) is -0.771. The Labute approximate surface area is 191 Å². The van der Waals surface area contributed by atoms with E-state index >= 15 is 0 Å². The summed E-state index contributed by atoms with van der Waals surface area (Å²) in [5.74, 6) is -0.488. The lowest BCUT2D eigenvalue weighted by Crippen LogP contribution is -2.18. The molecule has 9 heteroatoms. The normalized spacial score (nSPS) is 14.8. The number of esters is 1. The zero-order chi connectivity index (χ0) is 23.6. The molecule has 0 aromatic heterocycles. The second-order valence-corrected chi connectivity index (χ2v) is 9.17. The molecule has 0 fully saturated rings. The summed E-state index contributed by atoms with van der Waals surface area (Å²) in [6, 6.07) is 18.2. The molecule has 3 aromatic rings. The topological polar surface area (TPSA) is 111 Å². The molecule has 2 N–H and O–H groups in total. The number of hydrogen-bond donors (Lipinski definition) is 2. The number of sulfonamides is 1. The summed E-state index contributed by atoms with van der Waals surface area (Å²) >= 11 is 0. The number of ether oxygens (including phenoxy) is 2. The van der Waals surface area contributed by atoms with Gasteiger partial charge in [0, 0.05) is 11.3 Å². The molecule has 1 amide bonds. The van der Waals surface area contributed by atoms with Gasteiger partial charge in [-0.3, -0.25) is 9.52 Å². The van der Waals surface area contributed by atoms with Gasteiger partial charge in [-0.2, -0.15) is 0 Å². The first-order chi connectivity index (χ1) is 15.8. The third kappa shape index (κ3) is 4.68. The van der Waals surface area contributed by atoms with Crippen LogP contribution in [-0.4, -0.2) is 27.4 Å². The highest BCUT2D eigenvalue weighted by Gasteiger charge is 2.32. The monoisotopic (exact) mass is 466 g/mol. The summed E-state index contributed by atoms with van der Waals surface area (Å²) in [5.41, 5.74) is 2.22. The molecule has 1 atom stereocenters. The molecule has 33 heavy (non-hydrogen) atoms. The van der Waals surface area contributed by atoms with Gasteiger partial charge in [-0.25, -0.2) is 13.2 Å². The van der Waals surface area contributed by atoms with E-state index in [0.29, 0.717) is 33.8 Å². The number of fused-ring (bicyclic) bond motifs is 1. The van der Waals surface area contributed by atoms with Crippen molar-refractivity contribution >= 4 is 33.3 Å². The van der Waals surface area contributed by atoms with E-state index in [1.54, 1.807) is 67.6 Å². The second kappa shape index (κ2) is 8.95. The zero-order valence-corrected chi connectivity index (χ0v) is 18.8. The lowest BCUT2D eigenvalue weighted by Gasteiger charge is -2.15. The molecule has 0 aliphatic carbocycles. The number of methoxy groups -OCH3 is 1. The van der Waals surface area contributed by atoms with Gasteiger partial charge in [-0.1, -0.05) is 36.4 Å². The number of carbonyl (C=O) groups excluding carboxylic acids is 2. The summed E-state index contributed by atoms with van der Waals surface area (Å²) in [7, 11) is -2.50. The van der Waals surface area contributed by atoms with Crippen LogP contribution in [0, 0.1) is 6.92 Å². The molecule has 0 saturated carbocycles. The molecule has 0 bridgehead atoms. The molecule has 3 aromatic carbocycles. The Hall–Kier alpha value is -3.85. The van der Waals surface area contributed by atoms with Crippen LogP contribution in [0.4, 0.5) is 11.4 Å². The maximum atomic E-state index is 13.0. The highest BCUT2D eigenvalue weighted by molar-refractivity contribution is 7.92. The molecule has 1 aliphatic heterocycles. The quantitative estimate of drug-likeness (QED) is 0.509. The molecule has 0 unspecified atom stereocenters. The fourth-order valence-electron chi connectivity index (χ4n) is 3.65. The highest BCUT2D eigenvalue weighted by Crippen LogP contribution is 2.33. The number of anilines is 2. The van der Waals surface area contributed by atoms with E-state index < -0.39 is 28.0 Å². The van der Waals surface area contributed by atoms with E-state index in [9.17, 15) is 18.0 Å². The molecular weight excluding hydrogens is 444 g/mol. The average Bonchev–Trinajstić information content (AvgIpc) is 3.10. The van der Waals surface area contributed by atoms with Crippen LogP contribution in [0.25, 0.3) is 0 Å². The predicted molar refractivity (Wildman–Crippen MR) is 123 cm³/mol. The first kappa shape index (κ1) is 22.3. The first-order valence-corrected chi connectivity index (χ1v) is 11.6. The third-order valence-electron chi connectivity index (χ3n) is 5.26. The summed E-state index contributed by atoms with van der Waals surface area (Å²) in [6.45, 7) is 1.66. The van der Waals surface area contributed by atoms with Crippen LogP contribution >= 0.6 is 0 Å². The van der Waals surface area contributed by atoms with Gasteiger partial charge in [0.05, 0.1) is 29.7 Å². The van der Waals surface area contributed by atoms with Gasteiger partial charge in [0.1, 0.15) is 11.9 Å². The lowest BCUT2D eigenvalue weighted by atomic mass is 10.0. The third-order valence-corrected chi connectivity index (χ3v) is 6.77. The van der Waals surface area contributed by atoms with Gasteiger partial charge in [-0.15, -0.1) is 0 Å². The van der Waals surface area contributed by atoms with Crippen LogP contribution < -0.4 is 14.8 Å². The van der Waals surface area contributed by atoms with Crippen LogP contribution in [0.2, 0.25) is 0 Å². The molecule has 1 heterocycles. The van der Waals surface area contributed by atoms with Crippen molar-refractivity contribution in [2.75, 3.05) is 17.1 Å². The van der Waals surface area contributed by atoms with Gasteiger partial charge in [-0.05, 0) is 42.8 Å². The summed E-state index contributed by atoms with van der Waals surface area (Å²) in [5, 5.41) is 2.69. The van der Waals surface area contributed by atoms with E-state index in [-0.39, 0.29) is 11.3 Å². The van der Waals surface area contributed by atoms with Crippen LogP contribution in [-0.2, 0) is 19.6 Å². The van der Waals surface area contributed by atoms with Crippen molar-refractivity contribution in [1.82, 2.24) is 0 Å². The average molecular weight is 467 g/mol. The van der Waals surface area contributed by atoms with E-state index in [4.69, 9.17) is 9.47 Å². The Morgan fingerprint density at radius 1 is 1.06 bits per heavy atom. The number of aryl methyl sites for hydroxylation is 1. The van der Waals surface area contributed by atoms with E-state index in [0.717, 1.165) is 0 Å². The van der Waals surface area contributed by atoms with Crippen LogP contribution in [0.3, 0.4) is 0 Å². The number of para-hydroxylation sites is 2. The van der Waals surface area contributed by atoms with Crippen molar-refractivity contribution in [3.63, 3.8) is 0 Å². The second-order valence-electron chi connectivity index (χ2n) is 7.52. The van der Waals surface area contributed by atoms with Crippen molar-refractivity contribution < 1.29 is 27.5 Å². The Balaban J connectivity index is 1.51. The van der Waals surface area contributed by atoms with Crippen molar-refractivity contribution in [1.29, 1.82) is 0 Å². The minimum atomic E-state index is -3.96. The van der Waals surface area contributed by atoms with Crippen LogP contribution in [0.5, 0.6) is 5.75 Å². The van der Waals surface area contributed by atoms with E-state index in [2.05, 4.69) is 10.0 Å². The molecule has 4 rings (SSSR count). The molecule has 0 saturated heterocycles. The number of amides is 1. The number of hydrogen-bond acceptors (Lipinski definition) is 6. The number of rotatable bonds is 7. The molecular formula is C24H22N2O6S. The fourth-order valence-corrected chi connectivity index (χ4v) is 4.99. The Morgan fingerprint density at radius 3 is 2.58 bits per heavy atom. The smallest absolute Gasteiger partial charge is 0.339 e. The SMILES string of the molecule is COc1ccccc1NS(=O)(=O)c1cc(NC(=O)C[C@H]2OC(=O)c3ccccc32)ccc1C. The minimum Gasteiger partial charge on any atom is -0.495 e. The summed E-state index contributed by atoms with van der Waals surface area (Å²) in [4.78, 5) is 24.6. The van der Waals surface area contributed by atoms with Gasteiger partial charge in [0.25, 0.3) is 10.0 Å². The fraction of sp³-hybridized carbons (Fsp3) is 0.167. The van der Waals surface area contributed by atoms with Crippen molar-refractivity contribution in [3.05, 3.63) is 83.4 Å². The van der Waals surface area contributed by atoms with Gasteiger partial charge in [0.2, 0.25) is 5.91 Å². The van der Waals surface area contributed by atoms with E-state index in [1.165, 1.54) is 13.2 Å². The Bertz CT molecular complexity index is 1340. The van der Waals surface area contributed by atoms with Gasteiger partial charge >= 0.3 is 5.97 Å². The molecule has 0 radical (unpaired) electrons. The highest BCUT2D eigenvalue weighted by atomic mass is 32.2. The van der Waals surface area contributed by atoms with Gasteiger partial charge in [0.15, 0.2) is 0 Å². The number of carbonyl (C=O) groups is 2. The van der Waals surface area contributed by atoms with Gasteiger partial charge < -0.3 is 14.8 Å². The summed E-state index contributed by atoms with van der Waals surface area (Å²) < 4.78 is 39.1. The largest absolute Gasteiger partial charge is 0.495 e. The number of benzene rings is 3. The predicted octanol–water partition coefficient (Wildman–Crippen LogP) is 4.04. The number of nitrogens with one attached hydrogen (secondary N) is 2. The molecule has 0 spiro atoms. The molecule has 8 nitrogen and oxygen atoms in total. The maximum Gasteiger partial charge on any atom is 0.339 e.